The molecule has 4 aromatic rings. The van der Waals surface area contributed by atoms with Crippen molar-refractivity contribution in [2.75, 3.05) is 13.2 Å². The fourth-order valence-electron chi connectivity index (χ4n) is 4.50. The zero-order valence-electron chi connectivity index (χ0n) is 23.8. The summed E-state index contributed by atoms with van der Waals surface area (Å²) < 4.78 is 5.99. The predicted octanol–water partition coefficient (Wildman–Crippen LogP) is 6.70. The maximum absolute atomic E-state index is 11.7. The van der Waals surface area contributed by atoms with Crippen molar-refractivity contribution in [1.82, 2.24) is 0 Å². The van der Waals surface area contributed by atoms with Gasteiger partial charge in [-0.1, -0.05) is 145 Å². The monoisotopic (exact) mass is 634 g/mol. The lowest BCUT2D eigenvalue weighted by molar-refractivity contribution is 0.0978. The van der Waals surface area contributed by atoms with Gasteiger partial charge in [-0.2, -0.15) is 20.0 Å². The van der Waals surface area contributed by atoms with Crippen LogP contribution >= 0.6 is 23.5 Å². The van der Waals surface area contributed by atoms with Crippen molar-refractivity contribution in [3.05, 3.63) is 144 Å². The molecule has 0 saturated carbocycles. The summed E-state index contributed by atoms with van der Waals surface area (Å²) in [7, 11) is 0. The number of benzene rings is 4. The smallest absolute Gasteiger partial charge is 0.244 e. The van der Waals surface area contributed by atoms with E-state index >= 15 is 0 Å². The number of ether oxygens (including phenoxy) is 1. The minimum Gasteiger partial charge on any atom is -0.370 e. The van der Waals surface area contributed by atoms with E-state index in [0.29, 0.717) is 0 Å². The average Bonchev–Trinajstić information content (AvgIpc) is 3.08. The van der Waals surface area contributed by atoms with Gasteiger partial charge in [0.1, 0.15) is 13.2 Å². The Morgan fingerprint density at radius 3 is 0.933 bits per heavy atom. The quantitative estimate of drug-likeness (QED) is 0.0991. The van der Waals surface area contributed by atoms with Crippen molar-refractivity contribution in [2.45, 2.75) is 20.5 Å². The van der Waals surface area contributed by atoms with E-state index in [1.807, 2.05) is 121 Å². The van der Waals surface area contributed by atoms with Crippen molar-refractivity contribution in [1.29, 1.82) is 0 Å². The third-order valence-corrected chi connectivity index (χ3v) is 9.40. The van der Waals surface area contributed by atoms with Gasteiger partial charge in [-0.05, 0) is 22.3 Å². The second kappa shape index (κ2) is 16.8. The lowest BCUT2D eigenvalue weighted by atomic mass is 10.0. The first-order chi connectivity index (χ1) is 22.1. The number of aliphatic imine (C=N–C) groups is 4. The summed E-state index contributed by atoms with van der Waals surface area (Å²) >= 11 is 2.14. The van der Waals surface area contributed by atoms with Gasteiger partial charge in [0.15, 0.2) is 0 Å². The fraction of sp³-hybridized carbons (Fsp3) is 0.176. The van der Waals surface area contributed by atoms with Crippen LogP contribution in [0.5, 0.6) is 0 Å². The molecule has 224 valence electrons. The molecule has 0 aliphatic carbocycles. The maximum Gasteiger partial charge on any atom is 0.244 e. The molecule has 4 aromatic carbocycles. The Morgan fingerprint density at radius 1 is 0.467 bits per heavy atom. The fourth-order valence-corrected chi connectivity index (χ4v) is 7.09. The summed E-state index contributed by atoms with van der Waals surface area (Å²) in [6, 6.07) is 37.6. The minimum absolute atomic E-state index is 0.439. The van der Waals surface area contributed by atoms with Crippen LogP contribution in [-0.2, 0) is 23.9 Å². The number of thioether (sulfide) groups is 2. The highest BCUT2D eigenvalue weighted by atomic mass is 32.2. The lowest BCUT2D eigenvalue weighted by Gasteiger charge is -2.30. The summed E-state index contributed by atoms with van der Waals surface area (Å²) in [5.41, 5.74) is 3.43. The van der Waals surface area contributed by atoms with Crippen LogP contribution in [0.4, 0.5) is 0 Å². The van der Waals surface area contributed by atoms with Crippen molar-refractivity contribution in [3.8, 4) is 0 Å². The first-order valence-corrected chi connectivity index (χ1v) is 15.3. The van der Waals surface area contributed by atoms with Crippen LogP contribution in [0.3, 0.4) is 0 Å². The Bertz CT molecular complexity index is 1480. The van der Waals surface area contributed by atoms with Gasteiger partial charge in [0.2, 0.25) is 34.3 Å². The molecule has 0 aliphatic rings. The highest BCUT2D eigenvalue weighted by molar-refractivity contribution is 8.01. The third kappa shape index (κ3) is 9.03. The minimum atomic E-state index is -1.83. The Labute approximate surface area is 268 Å². The molecule has 0 spiro atoms. The van der Waals surface area contributed by atoms with Crippen LogP contribution in [0, 0.1) is 0 Å². The van der Waals surface area contributed by atoms with Crippen molar-refractivity contribution >= 4 is 47.8 Å². The van der Waals surface area contributed by atoms with E-state index in [1.54, 1.807) is 0 Å². The number of rotatable bonds is 16. The van der Waals surface area contributed by atoms with Gasteiger partial charge >= 0.3 is 0 Å². The summed E-state index contributed by atoms with van der Waals surface area (Å²) in [4.78, 5) is 58.6. The topological polar surface area (TPSA) is 127 Å². The van der Waals surface area contributed by atoms with Gasteiger partial charge in [0, 0.05) is 0 Å². The van der Waals surface area contributed by atoms with Gasteiger partial charge in [0.05, 0.1) is 10.5 Å². The Hall–Kier alpha value is -4.94. The molecule has 0 aliphatic heterocycles. The van der Waals surface area contributed by atoms with Crippen LogP contribution < -0.4 is 0 Å². The van der Waals surface area contributed by atoms with Crippen LogP contribution in [0.25, 0.3) is 0 Å². The SMILES string of the molecule is O=C=NC(COCC(N=C=O)(N=C=O)SC(c1ccccc1)c1ccccc1)(N=C=O)SC(c1ccccc1)c1ccccc1. The van der Waals surface area contributed by atoms with Crippen LogP contribution in [0.15, 0.2) is 141 Å². The van der Waals surface area contributed by atoms with Crippen LogP contribution in [-0.4, -0.2) is 47.5 Å². The number of hydrogen-bond acceptors (Lipinski definition) is 11. The van der Waals surface area contributed by atoms with E-state index < -0.39 is 33.7 Å². The lowest BCUT2D eigenvalue weighted by Crippen LogP contribution is -2.34. The molecular formula is C34H26N4O5S2. The molecular weight excluding hydrogens is 609 g/mol. The molecule has 0 aromatic heterocycles. The largest absolute Gasteiger partial charge is 0.370 e. The van der Waals surface area contributed by atoms with E-state index in [9.17, 15) is 19.2 Å². The van der Waals surface area contributed by atoms with Crippen LogP contribution in [0.2, 0.25) is 0 Å². The zero-order valence-corrected chi connectivity index (χ0v) is 25.4. The Kier molecular flexibility index (Phi) is 12.3. The van der Waals surface area contributed by atoms with Gasteiger partial charge in [-0.15, -0.1) is 0 Å². The third-order valence-electron chi connectivity index (χ3n) is 6.48. The second-order valence-electron chi connectivity index (χ2n) is 9.43. The molecule has 0 radical (unpaired) electrons. The molecule has 45 heavy (non-hydrogen) atoms. The molecule has 0 fully saturated rings. The molecule has 0 saturated heterocycles. The molecule has 0 bridgehead atoms. The van der Waals surface area contributed by atoms with Crippen molar-refractivity contribution in [3.63, 3.8) is 0 Å². The number of hydrogen-bond donors (Lipinski definition) is 0. The Morgan fingerprint density at radius 2 is 0.711 bits per heavy atom. The van der Waals surface area contributed by atoms with E-state index in [4.69, 9.17) is 4.74 Å². The number of isocyanates is 4. The van der Waals surface area contributed by atoms with Crippen molar-refractivity contribution < 1.29 is 23.9 Å². The number of carbonyl (C=O) groups excluding carboxylic acids is 4. The second-order valence-corrected chi connectivity index (χ2v) is 12.2. The van der Waals surface area contributed by atoms with Gasteiger partial charge < -0.3 is 4.74 Å². The maximum atomic E-state index is 11.7. The van der Waals surface area contributed by atoms with Gasteiger partial charge in [0.25, 0.3) is 0 Å². The van der Waals surface area contributed by atoms with Gasteiger partial charge in [-0.25, -0.2) is 19.2 Å². The van der Waals surface area contributed by atoms with E-state index in [0.717, 1.165) is 45.8 Å². The molecule has 0 N–H and O–H groups in total. The highest BCUT2D eigenvalue weighted by Crippen LogP contribution is 2.47. The van der Waals surface area contributed by atoms with E-state index in [2.05, 4.69) is 20.0 Å². The summed E-state index contributed by atoms with van der Waals surface area (Å²) in [6.45, 7) is -0.907. The number of nitrogens with zero attached hydrogens (tertiary/aromatic N) is 4. The molecule has 0 unspecified atom stereocenters. The Balaban J connectivity index is 1.68. The molecule has 11 heteroatoms. The zero-order chi connectivity index (χ0) is 31.8. The predicted molar refractivity (Wildman–Crippen MR) is 173 cm³/mol. The molecule has 0 amide bonds. The summed E-state index contributed by atoms with van der Waals surface area (Å²) in [6.07, 6.45) is 6.00. The molecule has 0 heterocycles. The first kappa shape index (κ1) is 33.0. The average molecular weight is 635 g/mol. The van der Waals surface area contributed by atoms with E-state index in [1.165, 1.54) is 24.3 Å². The first-order valence-electron chi connectivity index (χ1n) is 13.6. The van der Waals surface area contributed by atoms with Gasteiger partial charge in [-0.3, -0.25) is 0 Å². The van der Waals surface area contributed by atoms with Crippen molar-refractivity contribution in [2.24, 2.45) is 20.0 Å². The summed E-state index contributed by atoms with van der Waals surface area (Å²) in [5, 5.41) is -0.878. The molecule has 9 nitrogen and oxygen atoms in total. The van der Waals surface area contributed by atoms with E-state index in [-0.39, 0.29) is 0 Å². The summed E-state index contributed by atoms with van der Waals surface area (Å²) in [5.74, 6) is 0. The molecule has 0 atom stereocenters. The standard InChI is InChI=1S/C34H26N4O5S2/c39-23-35-33(36-24-40,44-31(27-13-5-1-6-14-27)28-15-7-2-8-16-28)21-43-22-34(37-25-41,38-26-42)45-32(29-17-9-3-10-18-29)30-19-11-4-12-20-30/h1-20,31-32H,21-22H2. The normalized spacial score (nSPS) is 13.2. The highest BCUT2D eigenvalue weighted by Gasteiger charge is 2.40. The molecule has 4 rings (SSSR count). The van der Waals surface area contributed by atoms with Crippen LogP contribution in [0.1, 0.15) is 32.8 Å².